The van der Waals surface area contributed by atoms with Crippen LogP contribution in [0, 0.1) is 11.7 Å². The van der Waals surface area contributed by atoms with Crippen LogP contribution in [0.1, 0.15) is 24.0 Å². The van der Waals surface area contributed by atoms with E-state index in [9.17, 15) is 9.18 Å². The van der Waals surface area contributed by atoms with Gasteiger partial charge in [-0.15, -0.1) is 0 Å². The lowest BCUT2D eigenvalue weighted by atomic mass is 9.96. The third-order valence-corrected chi connectivity index (χ3v) is 6.07. The van der Waals surface area contributed by atoms with Gasteiger partial charge < -0.3 is 4.90 Å². The highest BCUT2D eigenvalue weighted by Gasteiger charge is 2.27. The van der Waals surface area contributed by atoms with Crippen molar-refractivity contribution in [3.8, 4) is 0 Å². The lowest BCUT2D eigenvalue weighted by molar-refractivity contribution is -0.919. The van der Waals surface area contributed by atoms with E-state index < -0.39 is 0 Å². The zero-order valence-corrected chi connectivity index (χ0v) is 17.3. The second-order valence-electron chi connectivity index (χ2n) is 7.74. The van der Waals surface area contributed by atoms with Gasteiger partial charge in [0.15, 0.2) is 0 Å². The number of hydrazone groups is 1. The Morgan fingerprint density at radius 1 is 1.13 bits per heavy atom. The first-order valence-electron chi connectivity index (χ1n) is 10.2. The Kier molecular flexibility index (Phi) is 6.41. The fraction of sp³-hybridized carbons (Fsp3) is 0.250. The van der Waals surface area contributed by atoms with Crippen LogP contribution in [0.5, 0.6) is 0 Å². The van der Waals surface area contributed by atoms with Gasteiger partial charge in [-0.25, -0.2) is 9.82 Å². The quantitative estimate of drug-likeness (QED) is 0.477. The number of quaternary nitrogens is 1. The van der Waals surface area contributed by atoms with Gasteiger partial charge in [0.1, 0.15) is 12.4 Å². The van der Waals surface area contributed by atoms with Crippen LogP contribution in [0.3, 0.4) is 0 Å². The average Bonchev–Trinajstić information content (AvgIpc) is 2.76. The van der Waals surface area contributed by atoms with Gasteiger partial charge in [-0.2, -0.15) is 5.10 Å². The third kappa shape index (κ3) is 4.86. The number of likely N-dealkylation sites (tertiary alicyclic amines) is 1. The van der Waals surface area contributed by atoms with Crippen molar-refractivity contribution in [2.45, 2.75) is 19.4 Å². The number of amides is 1. The Morgan fingerprint density at radius 2 is 1.90 bits per heavy atom. The van der Waals surface area contributed by atoms with Crippen LogP contribution in [-0.4, -0.2) is 25.2 Å². The number of carbonyl (C=O) groups excluding carboxylic acids is 1. The second-order valence-corrected chi connectivity index (χ2v) is 8.15. The predicted molar refractivity (Wildman–Crippen MR) is 118 cm³/mol. The maximum atomic E-state index is 13.2. The number of rotatable bonds is 5. The summed E-state index contributed by atoms with van der Waals surface area (Å²) in [5.41, 5.74) is 4.62. The van der Waals surface area contributed by atoms with Crippen LogP contribution in [0.4, 0.5) is 4.39 Å². The standard InChI is InChI=1S/C24H23ClFN3O/c25-23-14-21(26)9-8-20(23)16-29-12-10-18(11-13-29)24(30)28-27-15-19-6-3-5-17-4-1-2-7-22(17)19/h1-9,14-15,18H,10-13,16H2,(H,28,30)/p+1. The van der Waals surface area contributed by atoms with E-state index >= 15 is 0 Å². The van der Waals surface area contributed by atoms with Crippen LogP contribution in [0.15, 0.2) is 65.8 Å². The molecule has 1 amide bonds. The van der Waals surface area contributed by atoms with E-state index in [0.29, 0.717) is 5.02 Å². The summed E-state index contributed by atoms with van der Waals surface area (Å²) in [7, 11) is 0. The highest BCUT2D eigenvalue weighted by molar-refractivity contribution is 6.31. The number of fused-ring (bicyclic) bond motifs is 1. The van der Waals surface area contributed by atoms with E-state index in [-0.39, 0.29) is 17.6 Å². The van der Waals surface area contributed by atoms with Crippen molar-refractivity contribution in [2.75, 3.05) is 13.1 Å². The summed E-state index contributed by atoms with van der Waals surface area (Å²) in [6.07, 6.45) is 3.30. The smallest absolute Gasteiger partial charge is 0.243 e. The van der Waals surface area contributed by atoms with Gasteiger partial charge >= 0.3 is 0 Å². The number of hydrogen-bond acceptors (Lipinski definition) is 2. The third-order valence-electron chi connectivity index (χ3n) is 5.72. The summed E-state index contributed by atoms with van der Waals surface area (Å²) in [6.45, 7) is 2.49. The average molecular weight is 425 g/mol. The molecule has 1 aliphatic heterocycles. The minimum Gasteiger partial charge on any atom is -0.331 e. The summed E-state index contributed by atoms with van der Waals surface area (Å²) in [5, 5.41) is 6.90. The van der Waals surface area contributed by atoms with E-state index in [1.54, 1.807) is 12.3 Å². The van der Waals surface area contributed by atoms with Crippen molar-refractivity contribution in [3.05, 3.63) is 82.6 Å². The van der Waals surface area contributed by atoms with Crippen molar-refractivity contribution < 1.29 is 14.1 Å². The molecule has 0 aliphatic carbocycles. The van der Waals surface area contributed by atoms with Gasteiger partial charge in [0.05, 0.1) is 30.2 Å². The number of hydrogen-bond donors (Lipinski definition) is 2. The molecule has 4 nitrogen and oxygen atoms in total. The Morgan fingerprint density at radius 3 is 2.70 bits per heavy atom. The molecule has 3 aromatic rings. The number of piperidine rings is 1. The molecule has 0 spiro atoms. The van der Waals surface area contributed by atoms with Gasteiger partial charge in [0, 0.05) is 24.0 Å². The van der Waals surface area contributed by atoms with Crippen LogP contribution in [0.25, 0.3) is 10.8 Å². The van der Waals surface area contributed by atoms with Gasteiger partial charge in [-0.3, -0.25) is 4.79 Å². The summed E-state index contributed by atoms with van der Waals surface area (Å²) < 4.78 is 13.2. The van der Waals surface area contributed by atoms with Gasteiger partial charge in [-0.1, -0.05) is 54.1 Å². The van der Waals surface area contributed by atoms with Gasteiger partial charge in [0.2, 0.25) is 5.91 Å². The topological polar surface area (TPSA) is 45.9 Å². The number of carbonyl (C=O) groups is 1. The summed E-state index contributed by atoms with van der Waals surface area (Å²) >= 11 is 6.14. The van der Waals surface area contributed by atoms with Crippen molar-refractivity contribution in [1.29, 1.82) is 0 Å². The van der Waals surface area contributed by atoms with Crippen LogP contribution < -0.4 is 10.3 Å². The van der Waals surface area contributed by atoms with E-state index in [4.69, 9.17) is 11.6 Å². The molecule has 0 unspecified atom stereocenters. The molecule has 1 saturated heterocycles. The molecule has 1 heterocycles. The van der Waals surface area contributed by atoms with E-state index in [1.165, 1.54) is 17.0 Å². The molecular formula is C24H24ClFN3O+. The highest BCUT2D eigenvalue weighted by Crippen LogP contribution is 2.18. The molecule has 6 heteroatoms. The first-order chi connectivity index (χ1) is 14.6. The molecule has 4 rings (SSSR count). The molecule has 154 valence electrons. The molecule has 3 aromatic carbocycles. The van der Waals surface area contributed by atoms with Crippen molar-refractivity contribution >= 4 is 34.5 Å². The normalized spacial score (nSPS) is 19.3. The molecule has 2 N–H and O–H groups in total. The zero-order valence-electron chi connectivity index (χ0n) is 16.6. The first kappa shape index (κ1) is 20.5. The molecular weight excluding hydrogens is 401 g/mol. The zero-order chi connectivity index (χ0) is 20.9. The summed E-state index contributed by atoms with van der Waals surface area (Å²) in [4.78, 5) is 13.9. The molecule has 30 heavy (non-hydrogen) atoms. The van der Waals surface area contributed by atoms with Crippen molar-refractivity contribution in [3.63, 3.8) is 0 Å². The highest BCUT2D eigenvalue weighted by atomic mass is 35.5. The number of nitrogens with one attached hydrogen (secondary N) is 2. The summed E-state index contributed by atoms with van der Waals surface area (Å²) in [5.74, 6) is -0.398. The maximum absolute atomic E-state index is 13.2. The minimum absolute atomic E-state index is 0.0367. The fourth-order valence-electron chi connectivity index (χ4n) is 4.02. The number of halogens is 2. The maximum Gasteiger partial charge on any atom is 0.243 e. The molecule has 0 aromatic heterocycles. The van der Waals surface area contributed by atoms with E-state index in [1.807, 2.05) is 30.3 Å². The van der Waals surface area contributed by atoms with Crippen LogP contribution in [0.2, 0.25) is 5.02 Å². The molecule has 0 atom stereocenters. The number of nitrogens with zero attached hydrogens (tertiary/aromatic N) is 1. The summed E-state index contributed by atoms with van der Waals surface area (Å²) in [6, 6.07) is 18.7. The monoisotopic (exact) mass is 424 g/mol. The van der Waals surface area contributed by atoms with E-state index in [0.717, 1.165) is 54.4 Å². The molecule has 0 radical (unpaired) electrons. The van der Waals surface area contributed by atoms with Crippen LogP contribution in [-0.2, 0) is 11.3 Å². The fourth-order valence-corrected chi connectivity index (χ4v) is 4.25. The SMILES string of the molecule is O=C(NN=Cc1cccc2ccccc12)C1CC[NH+](Cc2ccc(F)cc2Cl)CC1. The number of benzene rings is 3. The van der Waals surface area contributed by atoms with Crippen molar-refractivity contribution in [1.82, 2.24) is 5.43 Å². The first-order valence-corrected chi connectivity index (χ1v) is 10.6. The second kappa shape index (κ2) is 9.37. The van der Waals surface area contributed by atoms with Gasteiger partial charge in [-0.05, 0) is 29.0 Å². The largest absolute Gasteiger partial charge is 0.331 e. The Labute approximate surface area is 180 Å². The lowest BCUT2D eigenvalue weighted by Crippen LogP contribution is -3.11. The molecule has 1 fully saturated rings. The molecule has 0 bridgehead atoms. The van der Waals surface area contributed by atoms with Crippen LogP contribution >= 0.6 is 11.6 Å². The molecule has 0 saturated carbocycles. The van der Waals surface area contributed by atoms with Gasteiger partial charge in [0.25, 0.3) is 0 Å². The van der Waals surface area contributed by atoms with Crippen molar-refractivity contribution in [2.24, 2.45) is 11.0 Å². The predicted octanol–water partition coefficient (Wildman–Crippen LogP) is 3.58. The Balaban J connectivity index is 1.29. The minimum atomic E-state index is -0.321. The van der Waals surface area contributed by atoms with E-state index in [2.05, 4.69) is 22.7 Å². The lowest BCUT2D eigenvalue weighted by Gasteiger charge is -2.28. The Bertz CT molecular complexity index is 1070. The Hall–Kier alpha value is -2.76. The molecule has 1 aliphatic rings.